The van der Waals surface area contributed by atoms with E-state index < -0.39 is 11.7 Å². The fraction of sp³-hybridized carbons (Fsp3) is 0.368. The number of alkyl halides is 3. The van der Waals surface area contributed by atoms with Crippen molar-refractivity contribution in [3.8, 4) is 0 Å². The standard InChI is InChI=1S/C19H21F3N2/c20-19(21,22)18-9-5-4-8-16(18)14-24(17-10-11-23-12-17)13-15-6-2-1-3-7-15/h1-9,17,23H,10-14H2. The van der Waals surface area contributed by atoms with E-state index >= 15 is 0 Å². The van der Waals surface area contributed by atoms with Gasteiger partial charge in [-0.05, 0) is 30.2 Å². The first-order chi connectivity index (χ1) is 11.5. The van der Waals surface area contributed by atoms with E-state index in [1.54, 1.807) is 12.1 Å². The first-order valence-electron chi connectivity index (χ1n) is 8.18. The monoisotopic (exact) mass is 334 g/mol. The van der Waals surface area contributed by atoms with Crippen molar-refractivity contribution in [3.05, 3.63) is 71.3 Å². The molecule has 1 atom stereocenters. The van der Waals surface area contributed by atoms with Crippen molar-refractivity contribution in [1.29, 1.82) is 0 Å². The van der Waals surface area contributed by atoms with Gasteiger partial charge in [0, 0.05) is 25.7 Å². The zero-order valence-electron chi connectivity index (χ0n) is 13.4. The molecule has 0 amide bonds. The van der Waals surface area contributed by atoms with Gasteiger partial charge in [-0.2, -0.15) is 13.2 Å². The quantitative estimate of drug-likeness (QED) is 0.887. The average Bonchev–Trinajstić information content (AvgIpc) is 3.09. The van der Waals surface area contributed by atoms with E-state index in [9.17, 15) is 13.2 Å². The predicted octanol–water partition coefficient (Wildman–Crippen LogP) is 4.07. The van der Waals surface area contributed by atoms with Gasteiger partial charge in [-0.1, -0.05) is 48.5 Å². The number of nitrogens with zero attached hydrogens (tertiary/aromatic N) is 1. The maximum absolute atomic E-state index is 13.3. The van der Waals surface area contributed by atoms with E-state index in [0.29, 0.717) is 18.7 Å². The highest BCUT2D eigenvalue weighted by atomic mass is 19.4. The van der Waals surface area contributed by atoms with Crippen LogP contribution in [-0.4, -0.2) is 24.0 Å². The van der Waals surface area contributed by atoms with Crippen LogP contribution in [0.4, 0.5) is 13.2 Å². The topological polar surface area (TPSA) is 15.3 Å². The maximum atomic E-state index is 13.3. The summed E-state index contributed by atoms with van der Waals surface area (Å²) in [4.78, 5) is 2.15. The molecular weight excluding hydrogens is 313 g/mol. The highest BCUT2D eigenvalue weighted by Gasteiger charge is 2.34. The van der Waals surface area contributed by atoms with Crippen LogP contribution in [-0.2, 0) is 19.3 Å². The lowest BCUT2D eigenvalue weighted by Crippen LogP contribution is -2.36. The number of hydrogen-bond acceptors (Lipinski definition) is 2. The van der Waals surface area contributed by atoms with Crippen molar-refractivity contribution in [2.45, 2.75) is 31.7 Å². The van der Waals surface area contributed by atoms with Gasteiger partial charge in [0.25, 0.3) is 0 Å². The summed E-state index contributed by atoms with van der Waals surface area (Å²) < 4.78 is 39.8. The molecule has 1 unspecified atom stereocenters. The van der Waals surface area contributed by atoms with Gasteiger partial charge in [0.1, 0.15) is 0 Å². The van der Waals surface area contributed by atoms with Gasteiger partial charge in [0.2, 0.25) is 0 Å². The van der Waals surface area contributed by atoms with E-state index in [0.717, 1.165) is 25.1 Å². The molecule has 0 bridgehead atoms. The Kier molecular flexibility index (Phi) is 5.21. The number of benzene rings is 2. The van der Waals surface area contributed by atoms with E-state index in [-0.39, 0.29) is 6.04 Å². The fourth-order valence-electron chi connectivity index (χ4n) is 3.24. The Hall–Kier alpha value is -1.85. The Morgan fingerprint density at radius 3 is 2.33 bits per heavy atom. The van der Waals surface area contributed by atoms with Crippen LogP contribution >= 0.6 is 0 Å². The van der Waals surface area contributed by atoms with Crippen LogP contribution in [0.2, 0.25) is 0 Å². The highest BCUT2D eigenvalue weighted by molar-refractivity contribution is 5.30. The zero-order valence-corrected chi connectivity index (χ0v) is 13.4. The molecule has 1 aliphatic heterocycles. The fourth-order valence-corrected chi connectivity index (χ4v) is 3.24. The van der Waals surface area contributed by atoms with Crippen LogP contribution < -0.4 is 5.32 Å². The zero-order chi connectivity index (χ0) is 17.0. The predicted molar refractivity (Wildman–Crippen MR) is 88.4 cm³/mol. The minimum absolute atomic E-state index is 0.256. The normalized spacial score (nSPS) is 18.2. The van der Waals surface area contributed by atoms with Crippen molar-refractivity contribution in [2.24, 2.45) is 0 Å². The van der Waals surface area contributed by atoms with Gasteiger partial charge in [0.15, 0.2) is 0 Å². The molecule has 2 nitrogen and oxygen atoms in total. The van der Waals surface area contributed by atoms with Gasteiger partial charge >= 0.3 is 6.18 Å². The maximum Gasteiger partial charge on any atom is 0.416 e. The molecule has 0 aromatic heterocycles. The van der Waals surface area contributed by atoms with Crippen LogP contribution in [0.5, 0.6) is 0 Å². The Morgan fingerprint density at radius 1 is 0.958 bits per heavy atom. The molecule has 128 valence electrons. The molecule has 1 aliphatic rings. The van der Waals surface area contributed by atoms with Crippen LogP contribution in [0.15, 0.2) is 54.6 Å². The summed E-state index contributed by atoms with van der Waals surface area (Å²) in [5.41, 5.74) is 0.927. The third-order valence-corrected chi connectivity index (χ3v) is 4.48. The van der Waals surface area contributed by atoms with Crippen molar-refractivity contribution >= 4 is 0 Å². The minimum atomic E-state index is -4.32. The number of nitrogens with one attached hydrogen (secondary N) is 1. The lowest BCUT2D eigenvalue weighted by atomic mass is 10.0. The molecule has 2 aromatic carbocycles. The smallest absolute Gasteiger partial charge is 0.315 e. The highest BCUT2D eigenvalue weighted by Crippen LogP contribution is 2.33. The summed E-state index contributed by atoms with van der Waals surface area (Å²) in [5.74, 6) is 0. The van der Waals surface area contributed by atoms with E-state index in [1.165, 1.54) is 12.1 Å². The molecule has 24 heavy (non-hydrogen) atoms. The summed E-state index contributed by atoms with van der Waals surface area (Å²) in [6.45, 7) is 2.69. The largest absolute Gasteiger partial charge is 0.416 e. The molecule has 1 saturated heterocycles. The molecule has 1 N–H and O–H groups in total. The SMILES string of the molecule is FC(F)(F)c1ccccc1CN(Cc1ccccc1)C1CCNC1. The molecule has 0 saturated carbocycles. The van der Waals surface area contributed by atoms with E-state index in [2.05, 4.69) is 10.2 Å². The lowest BCUT2D eigenvalue weighted by Gasteiger charge is -2.29. The van der Waals surface area contributed by atoms with Crippen molar-refractivity contribution in [3.63, 3.8) is 0 Å². The first kappa shape index (κ1) is 17.0. The number of hydrogen-bond donors (Lipinski definition) is 1. The van der Waals surface area contributed by atoms with E-state index in [4.69, 9.17) is 0 Å². The molecular formula is C19H21F3N2. The molecule has 3 rings (SSSR count). The molecule has 0 radical (unpaired) electrons. The molecule has 5 heteroatoms. The molecule has 1 fully saturated rings. The minimum Gasteiger partial charge on any atom is -0.315 e. The van der Waals surface area contributed by atoms with Crippen LogP contribution in [0.3, 0.4) is 0 Å². The van der Waals surface area contributed by atoms with Crippen LogP contribution in [0, 0.1) is 0 Å². The first-order valence-corrected chi connectivity index (χ1v) is 8.18. The summed E-state index contributed by atoms with van der Waals surface area (Å²) in [5, 5.41) is 3.31. The van der Waals surface area contributed by atoms with Gasteiger partial charge in [-0.3, -0.25) is 4.90 Å². The average molecular weight is 334 g/mol. The second-order valence-electron chi connectivity index (χ2n) is 6.19. The number of rotatable bonds is 5. The Morgan fingerprint density at radius 2 is 1.67 bits per heavy atom. The third-order valence-electron chi connectivity index (χ3n) is 4.48. The third kappa shape index (κ3) is 4.16. The van der Waals surface area contributed by atoms with Gasteiger partial charge < -0.3 is 5.32 Å². The van der Waals surface area contributed by atoms with Crippen LogP contribution in [0.25, 0.3) is 0 Å². The van der Waals surface area contributed by atoms with Gasteiger partial charge in [-0.15, -0.1) is 0 Å². The summed E-state index contributed by atoms with van der Waals surface area (Å²) in [7, 11) is 0. The second-order valence-corrected chi connectivity index (χ2v) is 6.19. The molecule has 2 aromatic rings. The van der Waals surface area contributed by atoms with Crippen molar-refractivity contribution in [2.75, 3.05) is 13.1 Å². The lowest BCUT2D eigenvalue weighted by molar-refractivity contribution is -0.138. The van der Waals surface area contributed by atoms with Crippen molar-refractivity contribution in [1.82, 2.24) is 10.2 Å². The van der Waals surface area contributed by atoms with Crippen molar-refractivity contribution < 1.29 is 13.2 Å². The molecule has 0 spiro atoms. The van der Waals surface area contributed by atoms with Gasteiger partial charge in [-0.25, -0.2) is 0 Å². The Balaban J connectivity index is 1.84. The van der Waals surface area contributed by atoms with Gasteiger partial charge in [0.05, 0.1) is 5.56 Å². The second kappa shape index (κ2) is 7.36. The van der Waals surface area contributed by atoms with E-state index in [1.807, 2.05) is 30.3 Å². The Bertz CT molecular complexity index is 649. The molecule has 1 heterocycles. The summed E-state index contributed by atoms with van der Waals surface area (Å²) >= 11 is 0. The number of halogens is 3. The molecule has 0 aliphatic carbocycles. The summed E-state index contributed by atoms with van der Waals surface area (Å²) in [6, 6.07) is 16.1. The Labute approximate surface area is 140 Å². The summed E-state index contributed by atoms with van der Waals surface area (Å²) in [6.07, 6.45) is -3.36. The van der Waals surface area contributed by atoms with Crippen LogP contribution in [0.1, 0.15) is 23.1 Å².